The number of benzene rings is 3. The zero-order valence-electron chi connectivity index (χ0n) is 18.3. The van der Waals surface area contributed by atoms with E-state index in [9.17, 15) is 4.79 Å². The first kappa shape index (κ1) is 20.8. The van der Waals surface area contributed by atoms with E-state index in [0.29, 0.717) is 30.3 Å². The molecule has 0 radical (unpaired) electrons. The Labute approximate surface area is 183 Å². The Morgan fingerprint density at radius 2 is 1.68 bits per heavy atom. The Morgan fingerprint density at radius 3 is 2.45 bits per heavy atom. The molecule has 0 aliphatic heterocycles. The van der Waals surface area contributed by atoms with Crippen LogP contribution in [-0.2, 0) is 13.0 Å². The molecule has 0 atom stereocenters. The fourth-order valence-corrected chi connectivity index (χ4v) is 3.89. The quantitative estimate of drug-likeness (QED) is 0.320. The second-order valence-corrected chi connectivity index (χ2v) is 8.27. The molecule has 0 N–H and O–H groups in total. The largest absolute Gasteiger partial charge is 0.488 e. The zero-order valence-corrected chi connectivity index (χ0v) is 18.3. The number of nitrogens with zero attached hydrogens (tertiary/aromatic N) is 1. The SMILES string of the molecule is Cc1cc(OCc2ccccc2)c(C(=O)Cc2cnc3ccccc3c2)cc1C(C)C. The van der Waals surface area contributed by atoms with E-state index in [1.165, 1.54) is 5.56 Å². The van der Waals surface area contributed by atoms with Gasteiger partial charge in [-0.05, 0) is 59.4 Å². The van der Waals surface area contributed by atoms with Crippen molar-refractivity contribution in [2.24, 2.45) is 0 Å². The van der Waals surface area contributed by atoms with Gasteiger partial charge in [-0.2, -0.15) is 0 Å². The molecule has 4 rings (SSSR count). The lowest BCUT2D eigenvalue weighted by Crippen LogP contribution is -2.10. The Kier molecular flexibility index (Phi) is 6.13. The number of hydrogen-bond donors (Lipinski definition) is 0. The number of carbonyl (C=O) groups excluding carboxylic acids is 1. The number of aryl methyl sites for hydroxylation is 1. The normalized spacial score (nSPS) is 11.1. The van der Waals surface area contributed by atoms with Crippen LogP contribution in [0.1, 0.15) is 52.4 Å². The molecule has 31 heavy (non-hydrogen) atoms. The molecule has 0 aliphatic carbocycles. The minimum atomic E-state index is 0.0436. The van der Waals surface area contributed by atoms with Crippen molar-refractivity contribution in [3.63, 3.8) is 0 Å². The summed E-state index contributed by atoms with van der Waals surface area (Å²) in [5.74, 6) is 1.02. The van der Waals surface area contributed by atoms with Crippen LogP contribution in [0.25, 0.3) is 10.9 Å². The van der Waals surface area contributed by atoms with Gasteiger partial charge in [0.05, 0.1) is 11.1 Å². The minimum Gasteiger partial charge on any atom is -0.488 e. The van der Waals surface area contributed by atoms with Gasteiger partial charge >= 0.3 is 0 Å². The second-order valence-electron chi connectivity index (χ2n) is 8.27. The maximum Gasteiger partial charge on any atom is 0.171 e. The lowest BCUT2D eigenvalue weighted by atomic mass is 9.92. The summed E-state index contributed by atoms with van der Waals surface area (Å²) in [6.45, 7) is 6.80. The number of ketones is 1. The molecule has 0 unspecified atom stereocenters. The molecule has 0 aliphatic rings. The van der Waals surface area contributed by atoms with E-state index in [1.807, 2.05) is 72.8 Å². The van der Waals surface area contributed by atoms with Gasteiger partial charge in [0.25, 0.3) is 0 Å². The van der Waals surface area contributed by atoms with E-state index >= 15 is 0 Å². The molecule has 3 heteroatoms. The number of Topliss-reactive ketones (excluding diaryl/α,β-unsaturated/α-hetero) is 1. The highest BCUT2D eigenvalue weighted by atomic mass is 16.5. The Balaban J connectivity index is 1.64. The molecule has 3 nitrogen and oxygen atoms in total. The van der Waals surface area contributed by atoms with Crippen LogP contribution in [0.3, 0.4) is 0 Å². The average molecular weight is 410 g/mol. The van der Waals surface area contributed by atoms with Gasteiger partial charge in [-0.15, -0.1) is 0 Å². The summed E-state index contributed by atoms with van der Waals surface area (Å²) in [6.07, 6.45) is 2.09. The van der Waals surface area contributed by atoms with Crippen LogP contribution >= 0.6 is 0 Å². The topological polar surface area (TPSA) is 39.2 Å². The molecule has 4 aromatic rings. The number of aromatic nitrogens is 1. The summed E-state index contributed by atoms with van der Waals surface area (Å²) in [7, 11) is 0. The smallest absolute Gasteiger partial charge is 0.171 e. The molecular weight excluding hydrogens is 382 g/mol. The van der Waals surface area contributed by atoms with Gasteiger partial charge in [-0.25, -0.2) is 0 Å². The molecule has 0 saturated carbocycles. The summed E-state index contributed by atoms with van der Waals surface area (Å²) >= 11 is 0. The number of rotatable bonds is 7. The molecule has 0 saturated heterocycles. The van der Waals surface area contributed by atoms with Crippen molar-refractivity contribution in [1.29, 1.82) is 0 Å². The minimum absolute atomic E-state index is 0.0436. The van der Waals surface area contributed by atoms with Crippen molar-refractivity contribution in [3.8, 4) is 5.75 Å². The average Bonchev–Trinajstić information content (AvgIpc) is 2.78. The van der Waals surface area contributed by atoms with Gasteiger partial charge in [0.2, 0.25) is 0 Å². The monoisotopic (exact) mass is 409 g/mol. The van der Waals surface area contributed by atoms with Crippen molar-refractivity contribution in [1.82, 2.24) is 4.98 Å². The number of ether oxygens (including phenoxy) is 1. The van der Waals surface area contributed by atoms with E-state index < -0.39 is 0 Å². The summed E-state index contributed by atoms with van der Waals surface area (Å²) in [5.41, 5.74) is 5.87. The van der Waals surface area contributed by atoms with Gasteiger partial charge in [-0.3, -0.25) is 9.78 Å². The summed E-state index contributed by atoms with van der Waals surface area (Å²) < 4.78 is 6.13. The molecule has 0 spiro atoms. The molecule has 156 valence electrons. The third kappa shape index (κ3) is 4.83. The van der Waals surface area contributed by atoms with E-state index in [-0.39, 0.29) is 5.78 Å². The Hall–Kier alpha value is -3.46. The van der Waals surface area contributed by atoms with Crippen LogP contribution in [0.5, 0.6) is 5.75 Å². The summed E-state index contributed by atoms with van der Waals surface area (Å²) in [5, 5.41) is 1.04. The third-order valence-corrected chi connectivity index (χ3v) is 5.54. The molecule has 1 aromatic heterocycles. The summed E-state index contributed by atoms with van der Waals surface area (Å²) in [4.78, 5) is 17.9. The van der Waals surface area contributed by atoms with Crippen LogP contribution < -0.4 is 4.74 Å². The van der Waals surface area contributed by atoms with Gasteiger partial charge in [-0.1, -0.05) is 62.4 Å². The number of para-hydroxylation sites is 1. The first-order valence-corrected chi connectivity index (χ1v) is 10.7. The molecule has 3 aromatic carbocycles. The van der Waals surface area contributed by atoms with Gasteiger partial charge in [0.15, 0.2) is 5.78 Å². The second kappa shape index (κ2) is 9.13. The lowest BCUT2D eigenvalue weighted by Gasteiger charge is -2.17. The predicted octanol–water partition coefficient (Wildman–Crippen LogP) is 6.67. The van der Waals surface area contributed by atoms with Crippen molar-refractivity contribution < 1.29 is 9.53 Å². The Morgan fingerprint density at radius 1 is 0.935 bits per heavy atom. The highest BCUT2D eigenvalue weighted by Crippen LogP contribution is 2.30. The summed E-state index contributed by atoms with van der Waals surface area (Å²) in [6, 6.07) is 24.0. The molecule has 0 fully saturated rings. The number of hydrogen-bond acceptors (Lipinski definition) is 3. The highest BCUT2D eigenvalue weighted by molar-refractivity contribution is 6.00. The van der Waals surface area contributed by atoms with Gasteiger partial charge in [0, 0.05) is 18.0 Å². The predicted molar refractivity (Wildman–Crippen MR) is 126 cm³/mol. The van der Waals surface area contributed by atoms with Crippen LogP contribution in [0.2, 0.25) is 0 Å². The molecular formula is C28H27NO2. The highest BCUT2D eigenvalue weighted by Gasteiger charge is 2.18. The van der Waals surface area contributed by atoms with E-state index in [0.717, 1.165) is 27.6 Å². The number of fused-ring (bicyclic) bond motifs is 1. The van der Waals surface area contributed by atoms with Crippen LogP contribution in [0, 0.1) is 6.92 Å². The van der Waals surface area contributed by atoms with Crippen LogP contribution in [0.4, 0.5) is 0 Å². The first-order valence-electron chi connectivity index (χ1n) is 10.7. The number of carbonyl (C=O) groups is 1. The van der Waals surface area contributed by atoms with E-state index in [1.54, 1.807) is 6.20 Å². The third-order valence-electron chi connectivity index (χ3n) is 5.54. The van der Waals surface area contributed by atoms with Crippen LogP contribution in [-0.4, -0.2) is 10.8 Å². The van der Waals surface area contributed by atoms with Gasteiger partial charge < -0.3 is 4.74 Å². The standard InChI is InChI=1S/C28H27NO2/c1-19(2)24-16-25(28(13-20(24)3)31-18-21-9-5-4-6-10-21)27(30)15-22-14-23-11-7-8-12-26(23)29-17-22/h4-14,16-17,19H,15,18H2,1-3H3. The lowest BCUT2D eigenvalue weighted by molar-refractivity contribution is 0.0988. The maximum absolute atomic E-state index is 13.4. The zero-order chi connectivity index (χ0) is 21.8. The molecule has 0 amide bonds. The fourth-order valence-electron chi connectivity index (χ4n) is 3.89. The number of pyridine rings is 1. The van der Waals surface area contributed by atoms with Crippen molar-refractivity contribution in [2.75, 3.05) is 0 Å². The molecule has 0 bridgehead atoms. The first-order chi connectivity index (χ1) is 15.0. The van der Waals surface area contributed by atoms with Crippen molar-refractivity contribution >= 4 is 16.7 Å². The molecule has 1 heterocycles. The van der Waals surface area contributed by atoms with E-state index in [2.05, 4.69) is 25.8 Å². The van der Waals surface area contributed by atoms with Crippen molar-refractivity contribution in [3.05, 3.63) is 107 Å². The Bertz CT molecular complexity index is 1210. The van der Waals surface area contributed by atoms with E-state index in [4.69, 9.17) is 4.74 Å². The maximum atomic E-state index is 13.4. The van der Waals surface area contributed by atoms with Gasteiger partial charge in [0.1, 0.15) is 12.4 Å². The van der Waals surface area contributed by atoms with Crippen LogP contribution in [0.15, 0.2) is 79.0 Å². The van der Waals surface area contributed by atoms with Crippen molar-refractivity contribution in [2.45, 2.75) is 39.7 Å². The fraction of sp³-hybridized carbons (Fsp3) is 0.214.